The fourth-order valence-corrected chi connectivity index (χ4v) is 6.10. The average Bonchev–Trinajstić information content (AvgIpc) is 2.94. The molecule has 0 radical (unpaired) electrons. The number of rotatable bonds is 8. The highest BCUT2D eigenvalue weighted by atomic mass is 79.9. The molecule has 190 valence electrons. The van der Waals surface area contributed by atoms with Crippen molar-refractivity contribution in [3.8, 4) is 11.5 Å². The highest BCUT2D eigenvalue weighted by molar-refractivity contribution is 9.09. The number of methoxy groups -OCH3 is 2. The van der Waals surface area contributed by atoms with E-state index < -0.39 is 0 Å². The van der Waals surface area contributed by atoms with Crippen molar-refractivity contribution in [1.29, 1.82) is 0 Å². The Morgan fingerprint density at radius 3 is 2.36 bits per heavy atom. The molecular weight excluding hydrogens is 518 g/mol. The zero-order valence-electron chi connectivity index (χ0n) is 20.9. The van der Waals surface area contributed by atoms with Gasteiger partial charge >= 0.3 is 0 Å². The van der Waals surface area contributed by atoms with Crippen LogP contribution in [0.5, 0.6) is 11.5 Å². The predicted molar refractivity (Wildman–Crippen MR) is 146 cm³/mol. The monoisotopic (exact) mass is 551 g/mol. The van der Waals surface area contributed by atoms with Gasteiger partial charge in [-0.25, -0.2) is 0 Å². The lowest BCUT2D eigenvalue weighted by atomic mass is 9.86. The van der Waals surface area contributed by atoms with Crippen LogP contribution >= 0.6 is 15.9 Å². The molecule has 2 heterocycles. The minimum Gasteiger partial charge on any atom is -0.492 e. The van der Waals surface area contributed by atoms with Crippen molar-refractivity contribution < 1.29 is 18.9 Å². The molecule has 2 unspecified atom stereocenters. The Kier molecular flexibility index (Phi) is 8.15. The van der Waals surface area contributed by atoms with Crippen molar-refractivity contribution in [2.75, 3.05) is 38.8 Å². The number of fused-ring (bicyclic) bond motifs is 1. The molecule has 0 aromatic heterocycles. The fourth-order valence-electron chi connectivity index (χ4n) is 5.38. The van der Waals surface area contributed by atoms with Gasteiger partial charge in [0.15, 0.2) is 6.29 Å². The van der Waals surface area contributed by atoms with E-state index in [-0.39, 0.29) is 17.0 Å². The van der Waals surface area contributed by atoms with Crippen LogP contribution in [0.2, 0.25) is 0 Å². The molecule has 6 heteroatoms. The van der Waals surface area contributed by atoms with Crippen LogP contribution in [0.1, 0.15) is 35.4 Å². The van der Waals surface area contributed by atoms with Gasteiger partial charge in [0, 0.05) is 56.5 Å². The molecule has 2 aliphatic heterocycles. The molecule has 0 saturated carbocycles. The van der Waals surface area contributed by atoms with Crippen molar-refractivity contribution in [2.45, 2.75) is 36.5 Å². The first-order valence-corrected chi connectivity index (χ1v) is 13.6. The molecule has 0 bridgehead atoms. The van der Waals surface area contributed by atoms with Crippen molar-refractivity contribution in [1.82, 2.24) is 0 Å². The van der Waals surface area contributed by atoms with Gasteiger partial charge in [0.05, 0.1) is 4.83 Å². The van der Waals surface area contributed by atoms with Crippen LogP contribution in [0, 0.1) is 5.92 Å². The van der Waals surface area contributed by atoms with Crippen LogP contribution in [-0.2, 0) is 16.1 Å². The lowest BCUT2D eigenvalue weighted by molar-refractivity contribution is -0.141. The molecule has 0 spiro atoms. The number of nitrogens with zero attached hydrogens (tertiary/aromatic N) is 1. The van der Waals surface area contributed by atoms with E-state index in [9.17, 15) is 0 Å². The van der Waals surface area contributed by atoms with Crippen LogP contribution < -0.4 is 14.4 Å². The Hall–Kier alpha value is -2.54. The molecule has 3 aromatic rings. The zero-order chi connectivity index (χ0) is 24.9. The summed E-state index contributed by atoms with van der Waals surface area (Å²) in [5.41, 5.74) is 4.90. The Balaban J connectivity index is 1.27. The van der Waals surface area contributed by atoms with Gasteiger partial charge in [0.1, 0.15) is 24.7 Å². The summed E-state index contributed by atoms with van der Waals surface area (Å²) in [6.07, 6.45) is 2.03. The maximum absolute atomic E-state index is 6.09. The smallest absolute Gasteiger partial charge is 0.159 e. The minimum atomic E-state index is -0.108. The molecule has 2 aliphatic rings. The summed E-state index contributed by atoms with van der Waals surface area (Å²) >= 11 is 3.88. The summed E-state index contributed by atoms with van der Waals surface area (Å²) in [6.45, 7) is 3.19. The van der Waals surface area contributed by atoms with Gasteiger partial charge in [0.2, 0.25) is 0 Å². The second kappa shape index (κ2) is 11.7. The molecule has 5 nitrogen and oxygen atoms in total. The second-order valence-electron chi connectivity index (χ2n) is 9.53. The SMILES string of the molecule is COC(OC)C1CCN(c2ccc(C3c4ccc(OCc5ccccc5)cc4OCC3Br)cc2)CC1. The quantitative estimate of drug-likeness (QED) is 0.239. The third-order valence-electron chi connectivity index (χ3n) is 7.33. The summed E-state index contributed by atoms with van der Waals surface area (Å²) in [4.78, 5) is 2.67. The molecule has 0 N–H and O–H groups in total. The van der Waals surface area contributed by atoms with Gasteiger partial charge in [-0.3, -0.25) is 0 Å². The van der Waals surface area contributed by atoms with Crippen molar-refractivity contribution >= 4 is 21.6 Å². The number of anilines is 1. The van der Waals surface area contributed by atoms with E-state index >= 15 is 0 Å². The third kappa shape index (κ3) is 5.56. The molecule has 1 saturated heterocycles. The van der Waals surface area contributed by atoms with Crippen molar-refractivity contribution in [3.05, 3.63) is 89.5 Å². The van der Waals surface area contributed by atoms with Crippen molar-refractivity contribution in [3.63, 3.8) is 0 Å². The van der Waals surface area contributed by atoms with E-state index in [1.807, 2.05) is 24.3 Å². The fraction of sp³-hybridized carbons (Fsp3) is 0.400. The van der Waals surface area contributed by atoms with Crippen molar-refractivity contribution in [2.24, 2.45) is 5.92 Å². The summed E-state index contributed by atoms with van der Waals surface area (Å²) in [7, 11) is 3.45. The first-order chi connectivity index (χ1) is 17.7. The first-order valence-electron chi connectivity index (χ1n) is 12.6. The number of alkyl halides is 1. The van der Waals surface area contributed by atoms with E-state index in [2.05, 4.69) is 69.4 Å². The van der Waals surface area contributed by atoms with Crippen LogP contribution in [0.25, 0.3) is 0 Å². The number of halogens is 1. The van der Waals surface area contributed by atoms with E-state index in [4.69, 9.17) is 18.9 Å². The van der Waals surface area contributed by atoms with Crippen LogP contribution in [0.4, 0.5) is 5.69 Å². The minimum absolute atomic E-state index is 0.108. The highest BCUT2D eigenvalue weighted by Gasteiger charge is 2.31. The Labute approximate surface area is 222 Å². The van der Waals surface area contributed by atoms with Crippen LogP contribution in [-0.4, -0.2) is 45.0 Å². The van der Waals surface area contributed by atoms with Crippen LogP contribution in [0.3, 0.4) is 0 Å². The Morgan fingerprint density at radius 2 is 1.67 bits per heavy atom. The molecule has 3 aromatic carbocycles. The van der Waals surface area contributed by atoms with Gasteiger partial charge < -0.3 is 23.8 Å². The third-order valence-corrected chi connectivity index (χ3v) is 8.13. The van der Waals surface area contributed by atoms with Gasteiger partial charge in [-0.05, 0) is 42.2 Å². The van der Waals surface area contributed by atoms with E-state index in [0.29, 0.717) is 19.1 Å². The normalized spacial score (nSPS) is 20.2. The Morgan fingerprint density at radius 1 is 0.944 bits per heavy atom. The molecular formula is C30H34BrNO4. The van der Waals surface area contributed by atoms with Crippen LogP contribution in [0.15, 0.2) is 72.8 Å². The summed E-state index contributed by atoms with van der Waals surface area (Å²) in [5, 5.41) is 0. The van der Waals surface area contributed by atoms with Gasteiger partial charge in [-0.2, -0.15) is 0 Å². The maximum atomic E-state index is 6.09. The molecule has 5 rings (SSSR count). The van der Waals surface area contributed by atoms with E-state index in [1.165, 1.54) is 16.8 Å². The van der Waals surface area contributed by atoms with E-state index in [0.717, 1.165) is 43.0 Å². The topological polar surface area (TPSA) is 40.2 Å². The molecule has 36 heavy (non-hydrogen) atoms. The molecule has 1 fully saturated rings. The molecule has 0 aliphatic carbocycles. The predicted octanol–water partition coefficient (Wildman–Crippen LogP) is 6.39. The number of benzene rings is 3. The highest BCUT2D eigenvalue weighted by Crippen LogP contribution is 2.43. The summed E-state index contributed by atoms with van der Waals surface area (Å²) < 4.78 is 23.1. The number of piperidine rings is 1. The summed E-state index contributed by atoms with van der Waals surface area (Å²) in [5.74, 6) is 2.40. The van der Waals surface area contributed by atoms with E-state index in [1.54, 1.807) is 14.2 Å². The standard InChI is InChI=1S/C30H34BrNO4/c1-33-30(34-2)23-14-16-32(17-15-23)24-10-8-22(9-11-24)29-26-13-12-25(18-28(26)36-20-27(29)31)35-19-21-6-4-3-5-7-21/h3-13,18,23,27,29-30H,14-17,19-20H2,1-2H3. The van der Waals surface area contributed by atoms with Gasteiger partial charge in [-0.15, -0.1) is 0 Å². The number of hydrogen-bond donors (Lipinski definition) is 0. The lowest BCUT2D eigenvalue weighted by Crippen LogP contribution is -2.39. The molecule has 0 amide bonds. The second-order valence-corrected chi connectivity index (χ2v) is 10.7. The number of hydrogen-bond acceptors (Lipinski definition) is 5. The largest absolute Gasteiger partial charge is 0.492 e. The molecule has 2 atom stereocenters. The zero-order valence-corrected chi connectivity index (χ0v) is 22.5. The number of ether oxygens (including phenoxy) is 4. The first kappa shape index (κ1) is 25.1. The maximum Gasteiger partial charge on any atom is 0.159 e. The lowest BCUT2D eigenvalue weighted by Gasteiger charge is -2.36. The van der Waals surface area contributed by atoms with Gasteiger partial charge in [-0.1, -0.05) is 64.5 Å². The Bertz CT molecular complexity index is 1110. The average molecular weight is 553 g/mol. The van der Waals surface area contributed by atoms with Gasteiger partial charge in [0.25, 0.3) is 0 Å². The summed E-state index contributed by atoms with van der Waals surface area (Å²) in [6, 6.07) is 25.5.